The van der Waals surface area contributed by atoms with Crippen molar-refractivity contribution in [2.24, 2.45) is 16.8 Å². The van der Waals surface area contributed by atoms with E-state index in [0.717, 1.165) is 50.9 Å². The van der Waals surface area contributed by atoms with Gasteiger partial charge in [-0.15, -0.1) is 0 Å². The number of amides is 1. The SMILES string of the molecule is CCNC(=NCC1CCCN(CC(C)C)C1)NC1CCN(C(=O)OC)CC1. The molecule has 0 aromatic heterocycles. The van der Waals surface area contributed by atoms with Crippen molar-refractivity contribution >= 4 is 12.1 Å². The van der Waals surface area contributed by atoms with Crippen molar-refractivity contribution in [3.8, 4) is 0 Å². The van der Waals surface area contributed by atoms with Gasteiger partial charge in [0.25, 0.3) is 0 Å². The lowest BCUT2D eigenvalue weighted by Gasteiger charge is -2.34. The molecule has 1 amide bonds. The van der Waals surface area contributed by atoms with Crippen LogP contribution in [-0.4, -0.2) is 80.8 Å². The maximum absolute atomic E-state index is 11.6. The maximum atomic E-state index is 11.6. The van der Waals surface area contributed by atoms with E-state index in [9.17, 15) is 4.79 Å². The third-order valence-electron chi connectivity index (χ3n) is 5.35. The van der Waals surface area contributed by atoms with Gasteiger partial charge in [0.05, 0.1) is 7.11 Å². The van der Waals surface area contributed by atoms with Crippen LogP contribution in [0.2, 0.25) is 0 Å². The highest BCUT2D eigenvalue weighted by Crippen LogP contribution is 2.18. The second kappa shape index (κ2) is 11.4. The molecule has 0 saturated carbocycles. The molecule has 7 nitrogen and oxygen atoms in total. The number of rotatable bonds is 6. The Kier molecular flexibility index (Phi) is 9.18. The minimum Gasteiger partial charge on any atom is -0.453 e. The number of carbonyl (C=O) groups excluding carboxylic acids is 1. The zero-order valence-electron chi connectivity index (χ0n) is 17.7. The molecule has 27 heavy (non-hydrogen) atoms. The highest BCUT2D eigenvalue weighted by atomic mass is 16.5. The molecule has 0 spiro atoms. The monoisotopic (exact) mass is 381 g/mol. The Morgan fingerprint density at radius 2 is 1.96 bits per heavy atom. The number of nitrogens with zero attached hydrogens (tertiary/aromatic N) is 3. The second-order valence-electron chi connectivity index (χ2n) is 8.26. The Labute approximate surface area is 164 Å². The molecule has 2 aliphatic heterocycles. The molecule has 2 saturated heterocycles. The standard InChI is InChI=1S/C20H39N5O2/c1-5-21-19(23-18-8-11-25(12-9-18)20(26)27-4)22-13-17-7-6-10-24(15-17)14-16(2)3/h16-18H,5-15H2,1-4H3,(H2,21,22,23). The van der Waals surface area contributed by atoms with Gasteiger partial charge in [0, 0.05) is 45.3 Å². The summed E-state index contributed by atoms with van der Waals surface area (Å²) in [5.74, 6) is 2.28. The molecular formula is C20H39N5O2. The van der Waals surface area contributed by atoms with Crippen molar-refractivity contribution in [1.82, 2.24) is 20.4 Å². The molecule has 156 valence electrons. The van der Waals surface area contributed by atoms with Crippen molar-refractivity contribution in [2.75, 3.05) is 52.9 Å². The van der Waals surface area contributed by atoms with Crippen molar-refractivity contribution in [3.05, 3.63) is 0 Å². The first-order valence-corrected chi connectivity index (χ1v) is 10.6. The fourth-order valence-electron chi connectivity index (χ4n) is 4.05. The average Bonchev–Trinajstić information content (AvgIpc) is 2.66. The van der Waals surface area contributed by atoms with Gasteiger partial charge in [-0.05, 0) is 51.0 Å². The number of hydrogen-bond donors (Lipinski definition) is 2. The third kappa shape index (κ3) is 7.56. The molecule has 0 aliphatic carbocycles. The third-order valence-corrected chi connectivity index (χ3v) is 5.35. The number of hydrogen-bond acceptors (Lipinski definition) is 4. The maximum Gasteiger partial charge on any atom is 0.409 e. The molecule has 1 unspecified atom stereocenters. The van der Waals surface area contributed by atoms with Crippen LogP contribution in [0.1, 0.15) is 46.5 Å². The number of guanidine groups is 1. The molecule has 7 heteroatoms. The van der Waals surface area contributed by atoms with Gasteiger partial charge in [-0.2, -0.15) is 0 Å². The minimum absolute atomic E-state index is 0.225. The summed E-state index contributed by atoms with van der Waals surface area (Å²) in [4.78, 5) is 20.9. The zero-order valence-corrected chi connectivity index (χ0v) is 17.7. The fraction of sp³-hybridized carbons (Fsp3) is 0.900. The van der Waals surface area contributed by atoms with Crippen molar-refractivity contribution in [2.45, 2.75) is 52.5 Å². The first-order valence-electron chi connectivity index (χ1n) is 10.6. The van der Waals surface area contributed by atoms with Gasteiger partial charge < -0.3 is 25.2 Å². The van der Waals surface area contributed by atoms with E-state index in [4.69, 9.17) is 9.73 Å². The Morgan fingerprint density at radius 3 is 2.59 bits per heavy atom. The zero-order chi connectivity index (χ0) is 19.6. The summed E-state index contributed by atoms with van der Waals surface area (Å²) in [5, 5.41) is 6.94. The molecule has 0 bridgehead atoms. The Hall–Kier alpha value is -1.50. The molecule has 0 aromatic rings. The van der Waals surface area contributed by atoms with E-state index < -0.39 is 0 Å². The molecule has 2 N–H and O–H groups in total. The summed E-state index contributed by atoms with van der Waals surface area (Å²) in [6, 6.07) is 0.354. The van der Waals surface area contributed by atoms with Gasteiger partial charge in [0.1, 0.15) is 0 Å². The van der Waals surface area contributed by atoms with Crippen molar-refractivity contribution in [1.29, 1.82) is 0 Å². The van der Waals surface area contributed by atoms with E-state index in [-0.39, 0.29) is 6.09 Å². The predicted octanol–water partition coefficient (Wildman–Crippen LogP) is 2.14. The number of aliphatic imine (C=N–C) groups is 1. The van der Waals surface area contributed by atoms with Crippen LogP contribution in [0.15, 0.2) is 4.99 Å². The van der Waals surface area contributed by atoms with Gasteiger partial charge in [-0.3, -0.25) is 4.99 Å². The topological polar surface area (TPSA) is 69.2 Å². The summed E-state index contributed by atoms with van der Waals surface area (Å²) in [7, 11) is 1.44. The van der Waals surface area contributed by atoms with Crippen LogP contribution in [0.4, 0.5) is 4.79 Å². The summed E-state index contributed by atoms with van der Waals surface area (Å²) < 4.78 is 4.81. The smallest absolute Gasteiger partial charge is 0.409 e. The predicted molar refractivity (Wildman–Crippen MR) is 110 cm³/mol. The van der Waals surface area contributed by atoms with Crippen LogP contribution in [-0.2, 0) is 4.74 Å². The van der Waals surface area contributed by atoms with E-state index in [1.165, 1.54) is 39.6 Å². The highest BCUT2D eigenvalue weighted by Gasteiger charge is 2.24. The van der Waals surface area contributed by atoms with Gasteiger partial charge in [-0.1, -0.05) is 13.8 Å². The molecular weight excluding hydrogens is 342 g/mol. The Bertz CT molecular complexity index is 475. The van der Waals surface area contributed by atoms with E-state index in [1.54, 1.807) is 4.90 Å². The number of likely N-dealkylation sites (tertiary alicyclic amines) is 2. The van der Waals surface area contributed by atoms with Gasteiger partial charge in [0.15, 0.2) is 5.96 Å². The average molecular weight is 382 g/mol. The first-order chi connectivity index (χ1) is 13.0. The Morgan fingerprint density at radius 1 is 1.22 bits per heavy atom. The largest absolute Gasteiger partial charge is 0.453 e. The summed E-state index contributed by atoms with van der Waals surface area (Å²) >= 11 is 0. The second-order valence-corrected chi connectivity index (χ2v) is 8.26. The summed E-state index contributed by atoms with van der Waals surface area (Å²) in [6.45, 7) is 13.5. The highest BCUT2D eigenvalue weighted by molar-refractivity contribution is 5.80. The Balaban J connectivity index is 1.81. The van der Waals surface area contributed by atoms with Crippen LogP contribution < -0.4 is 10.6 Å². The molecule has 2 aliphatic rings. The summed E-state index contributed by atoms with van der Waals surface area (Å²) in [5.41, 5.74) is 0. The quantitative estimate of drug-likeness (QED) is 0.545. The van der Waals surface area contributed by atoms with Crippen LogP contribution in [0.5, 0.6) is 0 Å². The molecule has 2 fully saturated rings. The lowest BCUT2D eigenvalue weighted by Crippen LogP contribution is -2.50. The van der Waals surface area contributed by atoms with Crippen LogP contribution >= 0.6 is 0 Å². The normalized spacial score (nSPS) is 22.8. The van der Waals surface area contributed by atoms with Crippen LogP contribution in [0, 0.1) is 11.8 Å². The van der Waals surface area contributed by atoms with E-state index in [1.807, 2.05) is 0 Å². The fourth-order valence-corrected chi connectivity index (χ4v) is 4.05. The molecule has 2 rings (SSSR count). The van der Waals surface area contributed by atoms with Crippen LogP contribution in [0.3, 0.4) is 0 Å². The van der Waals surface area contributed by atoms with Gasteiger partial charge in [0.2, 0.25) is 0 Å². The van der Waals surface area contributed by atoms with Crippen molar-refractivity contribution < 1.29 is 9.53 Å². The molecule has 0 radical (unpaired) electrons. The minimum atomic E-state index is -0.225. The van der Waals surface area contributed by atoms with E-state index >= 15 is 0 Å². The summed E-state index contributed by atoms with van der Waals surface area (Å²) in [6.07, 6.45) is 4.17. The van der Waals surface area contributed by atoms with E-state index in [0.29, 0.717) is 12.0 Å². The first kappa shape index (κ1) is 21.8. The molecule has 1 atom stereocenters. The number of carbonyl (C=O) groups is 1. The molecule has 0 aromatic carbocycles. The molecule has 2 heterocycles. The number of piperidine rings is 2. The number of ether oxygens (including phenoxy) is 1. The van der Waals surface area contributed by atoms with Crippen LogP contribution in [0.25, 0.3) is 0 Å². The van der Waals surface area contributed by atoms with Crippen molar-refractivity contribution in [3.63, 3.8) is 0 Å². The number of nitrogens with one attached hydrogen (secondary N) is 2. The number of methoxy groups -OCH3 is 1. The van der Waals surface area contributed by atoms with Gasteiger partial charge in [-0.25, -0.2) is 4.79 Å². The van der Waals surface area contributed by atoms with Gasteiger partial charge >= 0.3 is 6.09 Å². The van der Waals surface area contributed by atoms with E-state index in [2.05, 4.69) is 36.3 Å². The lowest BCUT2D eigenvalue weighted by atomic mass is 9.97. The lowest BCUT2D eigenvalue weighted by molar-refractivity contribution is 0.111.